The van der Waals surface area contributed by atoms with Gasteiger partial charge in [0.05, 0.1) is 0 Å². The maximum absolute atomic E-state index is 5.76. The minimum absolute atomic E-state index is 0.352. The van der Waals surface area contributed by atoms with E-state index >= 15 is 0 Å². The van der Waals surface area contributed by atoms with Crippen LogP contribution in [-0.4, -0.2) is 6.61 Å². The fourth-order valence-corrected chi connectivity index (χ4v) is 2.55. The molecular weight excluding hydrogens is 314 g/mol. The molecule has 2 nitrogen and oxygen atoms in total. The Balaban J connectivity index is 2.07. The Morgan fingerprint density at radius 2 is 1.95 bits per heavy atom. The van der Waals surface area contributed by atoms with Crippen molar-refractivity contribution in [3.63, 3.8) is 0 Å². The van der Waals surface area contributed by atoms with Gasteiger partial charge in [0.2, 0.25) is 0 Å². The highest BCUT2D eigenvalue weighted by Gasteiger charge is 2.07. The minimum atomic E-state index is 0.352. The summed E-state index contributed by atoms with van der Waals surface area (Å²) in [6.45, 7) is 2.80. The molecule has 0 unspecified atom stereocenters. The van der Waals surface area contributed by atoms with Gasteiger partial charge in [-0.05, 0) is 36.8 Å². The van der Waals surface area contributed by atoms with Gasteiger partial charge in [-0.25, -0.2) is 0 Å². The number of benzene rings is 2. The van der Waals surface area contributed by atoms with Crippen molar-refractivity contribution in [3.05, 3.63) is 63.6 Å². The third-order valence-corrected chi connectivity index (χ3v) is 3.29. The van der Waals surface area contributed by atoms with Crippen molar-refractivity contribution >= 4 is 15.9 Å². The van der Waals surface area contributed by atoms with Gasteiger partial charge in [-0.1, -0.05) is 46.0 Å². The number of hydrogen-bond acceptors (Lipinski definition) is 2. The second kappa shape index (κ2) is 7.14. The zero-order valence-corrected chi connectivity index (χ0v) is 12.9. The lowest BCUT2D eigenvalue weighted by molar-refractivity contribution is 0.363. The van der Waals surface area contributed by atoms with E-state index in [4.69, 9.17) is 10.5 Å². The summed E-state index contributed by atoms with van der Waals surface area (Å²) in [5.41, 5.74) is 8.78. The fraction of sp³-hybridized carbons (Fsp3) is 0.176. The lowest BCUT2D eigenvalue weighted by Gasteiger charge is -2.12. The molecule has 20 heavy (non-hydrogen) atoms. The zero-order valence-electron chi connectivity index (χ0n) is 11.3. The van der Waals surface area contributed by atoms with Gasteiger partial charge in [0, 0.05) is 22.1 Å². The molecule has 0 amide bonds. The van der Waals surface area contributed by atoms with Crippen LogP contribution >= 0.6 is 15.9 Å². The Labute approximate surface area is 128 Å². The molecule has 0 aliphatic heterocycles. The minimum Gasteiger partial charge on any atom is -0.480 e. The third kappa shape index (κ3) is 3.86. The maximum Gasteiger partial charge on any atom is 0.149 e. The van der Waals surface area contributed by atoms with Crippen molar-refractivity contribution in [3.8, 4) is 17.6 Å². The van der Waals surface area contributed by atoms with Crippen molar-refractivity contribution in [1.29, 1.82) is 0 Å². The van der Waals surface area contributed by atoms with Crippen LogP contribution in [0.5, 0.6) is 5.75 Å². The normalized spacial score (nSPS) is 9.75. The Kier molecular flexibility index (Phi) is 5.23. The van der Waals surface area contributed by atoms with Crippen LogP contribution in [0, 0.1) is 18.8 Å². The SMILES string of the molecule is Cc1cc(Br)cc(CN)c1OCC#Cc1ccccc1. The second-order valence-electron chi connectivity index (χ2n) is 4.37. The van der Waals surface area contributed by atoms with Gasteiger partial charge < -0.3 is 10.5 Å². The third-order valence-electron chi connectivity index (χ3n) is 2.83. The summed E-state index contributed by atoms with van der Waals surface area (Å²) >= 11 is 3.46. The Hall–Kier alpha value is -1.76. The van der Waals surface area contributed by atoms with Crippen LogP contribution in [0.15, 0.2) is 46.9 Å². The van der Waals surface area contributed by atoms with Crippen molar-refractivity contribution in [2.24, 2.45) is 5.73 Å². The number of nitrogens with two attached hydrogens (primary N) is 1. The number of rotatable bonds is 3. The van der Waals surface area contributed by atoms with Crippen molar-refractivity contribution in [2.45, 2.75) is 13.5 Å². The molecule has 0 radical (unpaired) electrons. The average molecular weight is 330 g/mol. The predicted molar refractivity (Wildman–Crippen MR) is 85.6 cm³/mol. The molecule has 0 spiro atoms. The molecule has 2 aromatic rings. The molecule has 0 saturated carbocycles. The first-order valence-corrected chi connectivity index (χ1v) is 7.16. The number of aryl methyl sites for hydroxylation is 1. The zero-order chi connectivity index (χ0) is 14.4. The van der Waals surface area contributed by atoms with E-state index in [1.807, 2.05) is 49.4 Å². The van der Waals surface area contributed by atoms with Gasteiger partial charge in [-0.2, -0.15) is 0 Å². The van der Waals surface area contributed by atoms with E-state index < -0.39 is 0 Å². The first-order valence-electron chi connectivity index (χ1n) is 6.36. The largest absolute Gasteiger partial charge is 0.480 e. The summed E-state index contributed by atoms with van der Waals surface area (Å²) in [7, 11) is 0. The van der Waals surface area contributed by atoms with E-state index in [1.165, 1.54) is 0 Å². The topological polar surface area (TPSA) is 35.2 Å². The first-order chi connectivity index (χ1) is 9.70. The summed E-state index contributed by atoms with van der Waals surface area (Å²) in [6.07, 6.45) is 0. The summed E-state index contributed by atoms with van der Waals surface area (Å²) in [6, 6.07) is 13.9. The van der Waals surface area contributed by atoms with E-state index in [0.717, 1.165) is 26.9 Å². The van der Waals surface area contributed by atoms with Crippen molar-refractivity contribution < 1.29 is 4.74 Å². The van der Waals surface area contributed by atoms with Crippen LogP contribution in [0.4, 0.5) is 0 Å². The van der Waals surface area contributed by atoms with Crippen LogP contribution in [0.1, 0.15) is 16.7 Å². The lowest BCUT2D eigenvalue weighted by Crippen LogP contribution is -2.04. The smallest absolute Gasteiger partial charge is 0.149 e. The molecule has 0 bridgehead atoms. The molecule has 0 aliphatic rings. The molecule has 2 N–H and O–H groups in total. The average Bonchev–Trinajstić information content (AvgIpc) is 2.45. The summed E-state index contributed by atoms with van der Waals surface area (Å²) in [4.78, 5) is 0. The highest BCUT2D eigenvalue weighted by molar-refractivity contribution is 9.10. The molecule has 3 heteroatoms. The summed E-state index contributed by atoms with van der Waals surface area (Å²) in [5, 5.41) is 0. The van der Waals surface area contributed by atoms with E-state index in [1.54, 1.807) is 0 Å². The van der Waals surface area contributed by atoms with Crippen LogP contribution in [0.3, 0.4) is 0 Å². The van der Waals surface area contributed by atoms with Gasteiger partial charge in [-0.15, -0.1) is 0 Å². The molecule has 2 aromatic carbocycles. The molecule has 0 fully saturated rings. The first kappa shape index (κ1) is 14.6. The van der Waals surface area contributed by atoms with Gasteiger partial charge in [-0.3, -0.25) is 0 Å². The second-order valence-corrected chi connectivity index (χ2v) is 5.29. The molecule has 0 atom stereocenters. The summed E-state index contributed by atoms with van der Waals surface area (Å²) < 4.78 is 6.77. The number of ether oxygens (including phenoxy) is 1. The van der Waals surface area contributed by atoms with Crippen LogP contribution in [-0.2, 0) is 6.54 Å². The molecular formula is C17H16BrNO. The van der Waals surface area contributed by atoms with Gasteiger partial charge >= 0.3 is 0 Å². The maximum atomic E-state index is 5.76. The Morgan fingerprint density at radius 3 is 2.65 bits per heavy atom. The Morgan fingerprint density at radius 1 is 1.20 bits per heavy atom. The Bertz CT molecular complexity index is 641. The summed E-state index contributed by atoms with van der Waals surface area (Å²) in [5.74, 6) is 6.92. The van der Waals surface area contributed by atoms with Gasteiger partial charge in [0.15, 0.2) is 0 Å². The van der Waals surface area contributed by atoms with Gasteiger partial charge in [0.25, 0.3) is 0 Å². The highest BCUT2D eigenvalue weighted by Crippen LogP contribution is 2.27. The molecule has 0 aliphatic carbocycles. The van der Waals surface area contributed by atoms with Crippen molar-refractivity contribution in [2.75, 3.05) is 6.61 Å². The molecule has 0 aromatic heterocycles. The van der Waals surface area contributed by atoms with Crippen molar-refractivity contribution in [1.82, 2.24) is 0 Å². The number of hydrogen-bond donors (Lipinski definition) is 1. The molecule has 102 valence electrons. The van der Waals surface area contributed by atoms with Crippen LogP contribution in [0.2, 0.25) is 0 Å². The molecule has 0 saturated heterocycles. The van der Waals surface area contributed by atoms with E-state index in [9.17, 15) is 0 Å². The van der Waals surface area contributed by atoms with Crippen LogP contribution < -0.4 is 10.5 Å². The predicted octanol–water partition coefficient (Wildman–Crippen LogP) is 3.65. The highest BCUT2D eigenvalue weighted by atomic mass is 79.9. The van der Waals surface area contributed by atoms with E-state index in [0.29, 0.717) is 13.2 Å². The lowest BCUT2D eigenvalue weighted by atomic mass is 10.1. The van der Waals surface area contributed by atoms with Gasteiger partial charge in [0.1, 0.15) is 12.4 Å². The quantitative estimate of drug-likeness (QED) is 0.872. The molecule has 2 rings (SSSR count). The fourth-order valence-electron chi connectivity index (χ4n) is 1.93. The number of halogens is 1. The van der Waals surface area contributed by atoms with E-state index in [-0.39, 0.29) is 0 Å². The molecule has 0 heterocycles. The monoisotopic (exact) mass is 329 g/mol. The van der Waals surface area contributed by atoms with Crippen LogP contribution in [0.25, 0.3) is 0 Å². The standard InChI is InChI=1S/C17H16BrNO/c1-13-10-16(18)11-15(12-19)17(13)20-9-5-8-14-6-3-2-4-7-14/h2-4,6-7,10-11H,9,12,19H2,1H3. The van der Waals surface area contributed by atoms with E-state index in [2.05, 4.69) is 27.8 Å².